The second-order valence-electron chi connectivity index (χ2n) is 5.91. The van der Waals surface area contributed by atoms with Crippen LogP contribution < -0.4 is 10.2 Å². The molecular weight excluding hydrogens is 212 g/mol. The Labute approximate surface area is 103 Å². The van der Waals surface area contributed by atoms with Gasteiger partial charge in [-0.2, -0.15) is 5.10 Å². The lowest BCUT2D eigenvalue weighted by molar-refractivity contribution is 0.442. The largest absolute Gasteiger partial charge is 0.370 e. The van der Waals surface area contributed by atoms with Gasteiger partial charge in [0.25, 0.3) is 0 Å². The molecule has 1 fully saturated rings. The summed E-state index contributed by atoms with van der Waals surface area (Å²) in [4.78, 5) is 2.37. The molecule has 2 heterocycles. The number of nitrogens with one attached hydrogen (secondary N) is 1. The van der Waals surface area contributed by atoms with Crippen LogP contribution in [0.25, 0.3) is 0 Å². The van der Waals surface area contributed by atoms with Gasteiger partial charge in [0.15, 0.2) is 5.82 Å². The van der Waals surface area contributed by atoms with Crippen LogP contribution in [-0.4, -0.2) is 29.8 Å². The third-order valence-electron chi connectivity index (χ3n) is 2.91. The maximum atomic E-state index is 4.13. The molecule has 1 N–H and O–H groups in total. The summed E-state index contributed by atoms with van der Waals surface area (Å²) in [5.41, 5.74) is 1.44. The lowest BCUT2D eigenvalue weighted by Crippen LogP contribution is -2.21. The van der Waals surface area contributed by atoms with Crippen molar-refractivity contribution >= 4 is 11.5 Å². The van der Waals surface area contributed by atoms with Crippen LogP contribution >= 0.6 is 0 Å². The normalized spacial score (nSPS) is 16.3. The van der Waals surface area contributed by atoms with Gasteiger partial charge in [-0.1, -0.05) is 20.8 Å². The zero-order valence-corrected chi connectivity index (χ0v) is 11.0. The topological polar surface area (TPSA) is 41.0 Å². The quantitative estimate of drug-likeness (QED) is 0.872. The third kappa shape index (κ3) is 3.58. The molecule has 94 valence electrons. The summed E-state index contributed by atoms with van der Waals surface area (Å²) >= 11 is 0. The van der Waals surface area contributed by atoms with Gasteiger partial charge in [0.1, 0.15) is 0 Å². The Morgan fingerprint density at radius 1 is 1.29 bits per heavy atom. The van der Waals surface area contributed by atoms with E-state index in [4.69, 9.17) is 0 Å². The highest BCUT2D eigenvalue weighted by Crippen LogP contribution is 2.21. The van der Waals surface area contributed by atoms with Crippen LogP contribution in [0.2, 0.25) is 0 Å². The average Bonchev–Trinajstić information content (AvgIpc) is 2.79. The maximum absolute atomic E-state index is 4.13. The van der Waals surface area contributed by atoms with Gasteiger partial charge in [-0.25, -0.2) is 0 Å². The number of hydrogen-bond acceptors (Lipinski definition) is 4. The highest BCUT2D eigenvalue weighted by atomic mass is 15.2. The fourth-order valence-corrected chi connectivity index (χ4v) is 1.95. The summed E-state index contributed by atoms with van der Waals surface area (Å²) in [5.74, 6) is 0.879. The predicted octanol–water partition coefficient (Wildman–Crippen LogP) is 2.53. The van der Waals surface area contributed by atoms with Gasteiger partial charge in [0, 0.05) is 25.7 Å². The number of anilines is 2. The second-order valence-corrected chi connectivity index (χ2v) is 5.91. The van der Waals surface area contributed by atoms with Crippen molar-refractivity contribution in [1.82, 2.24) is 10.2 Å². The number of rotatable bonds is 3. The molecule has 1 aromatic heterocycles. The fourth-order valence-electron chi connectivity index (χ4n) is 1.95. The van der Waals surface area contributed by atoms with E-state index in [9.17, 15) is 0 Å². The van der Waals surface area contributed by atoms with Crippen LogP contribution in [0, 0.1) is 5.41 Å². The summed E-state index contributed by atoms with van der Waals surface area (Å²) in [5, 5.41) is 11.5. The van der Waals surface area contributed by atoms with Crippen molar-refractivity contribution in [3.63, 3.8) is 0 Å². The fraction of sp³-hybridized carbons (Fsp3) is 0.692. The Balaban J connectivity index is 2.01. The van der Waals surface area contributed by atoms with Crippen LogP contribution in [0.4, 0.5) is 11.5 Å². The van der Waals surface area contributed by atoms with Crippen molar-refractivity contribution in [2.75, 3.05) is 29.9 Å². The molecule has 17 heavy (non-hydrogen) atoms. The summed E-state index contributed by atoms with van der Waals surface area (Å²) in [6.45, 7) is 9.81. The Kier molecular flexibility index (Phi) is 3.50. The Morgan fingerprint density at radius 3 is 2.65 bits per heavy atom. The number of hydrogen-bond donors (Lipinski definition) is 1. The second kappa shape index (κ2) is 4.90. The van der Waals surface area contributed by atoms with Crippen molar-refractivity contribution in [1.29, 1.82) is 0 Å². The first-order valence-corrected chi connectivity index (χ1v) is 6.36. The molecule has 0 amide bonds. The van der Waals surface area contributed by atoms with E-state index in [1.807, 2.05) is 6.20 Å². The lowest BCUT2D eigenvalue weighted by atomic mass is 9.97. The summed E-state index contributed by atoms with van der Waals surface area (Å²) < 4.78 is 0. The molecule has 0 spiro atoms. The minimum Gasteiger partial charge on any atom is -0.370 e. The predicted molar refractivity (Wildman–Crippen MR) is 71.4 cm³/mol. The van der Waals surface area contributed by atoms with Crippen molar-refractivity contribution < 1.29 is 0 Å². The van der Waals surface area contributed by atoms with E-state index >= 15 is 0 Å². The Bertz CT molecular complexity index is 364. The molecule has 1 aliphatic rings. The van der Waals surface area contributed by atoms with Crippen LogP contribution in [-0.2, 0) is 0 Å². The summed E-state index contributed by atoms with van der Waals surface area (Å²) in [6.07, 6.45) is 4.42. The zero-order valence-electron chi connectivity index (χ0n) is 11.0. The van der Waals surface area contributed by atoms with Gasteiger partial charge in [-0.15, -0.1) is 5.10 Å². The molecule has 1 aliphatic heterocycles. The number of nitrogens with zero attached hydrogens (tertiary/aromatic N) is 3. The molecule has 0 saturated carbocycles. The van der Waals surface area contributed by atoms with Crippen molar-refractivity contribution in [2.45, 2.75) is 33.6 Å². The van der Waals surface area contributed by atoms with E-state index < -0.39 is 0 Å². The molecule has 0 atom stereocenters. The van der Waals surface area contributed by atoms with Gasteiger partial charge in [0.2, 0.25) is 0 Å². The SMILES string of the molecule is CC(C)(C)CNc1cc(N2CCCC2)cnn1. The molecule has 0 bridgehead atoms. The molecular formula is C13H22N4. The number of aromatic nitrogens is 2. The summed E-state index contributed by atoms with van der Waals surface area (Å²) in [7, 11) is 0. The molecule has 4 nitrogen and oxygen atoms in total. The van der Waals surface area contributed by atoms with E-state index in [1.165, 1.54) is 18.5 Å². The maximum Gasteiger partial charge on any atom is 0.150 e. The first-order valence-electron chi connectivity index (χ1n) is 6.36. The molecule has 1 saturated heterocycles. The van der Waals surface area contributed by atoms with Crippen LogP contribution in [0.1, 0.15) is 33.6 Å². The Morgan fingerprint density at radius 2 is 2.00 bits per heavy atom. The molecule has 1 aromatic rings. The Hall–Kier alpha value is -1.32. The summed E-state index contributed by atoms with van der Waals surface area (Å²) in [6, 6.07) is 2.10. The van der Waals surface area contributed by atoms with Crippen molar-refractivity contribution in [2.24, 2.45) is 5.41 Å². The highest BCUT2D eigenvalue weighted by Gasteiger charge is 2.14. The van der Waals surface area contributed by atoms with Crippen molar-refractivity contribution in [3.8, 4) is 0 Å². The van der Waals surface area contributed by atoms with Crippen LogP contribution in [0.15, 0.2) is 12.3 Å². The lowest BCUT2D eigenvalue weighted by Gasteiger charge is -2.20. The monoisotopic (exact) mass is 234 g/mol. The molecule has 0 radical (unpaired) electrons. The molecule has 2 rings (SSSR count). The molecule has 4 heteroatoms. The van der Waals surface area contributed by atoms with Gasteiger partial charge in [-0.3, -0.25) is 0 Å². The minimum absolute atomic E-state index is 0.255. The first kappa shape index (κ1) is 12.1. The van der Waals surface area contributed by atoms with Gasteiger partial charge in [-0.05, 0) is 18.3 Å². The van der Waals surface area contributed by atoms with E-state index in [-0.39, 0.29) is 5.41 Å². The third-order valence-corrected chi connectivity index (χ3v) is 2.91. The standard InChI is InChI=1S/C13H22N4/c1-13(2,3)10-14-12-8-11(9-15-16-12)17-6-4-5-7-17/h8-9H,4-7,10H2,1-3H3,(H,14,16). The van der Waals surface area contributed by atoms with E-state index in [0.29, 0.717) is 0 Å². The van der Waals surface area contributed by atoms with E-state index in [2.05, 4.69) is 47.3 Å². The molecule has 0 aliphatic carbocycles. The van der Waals surface area contributed by atoms with Crippen molar-refractivity contribution in [3.05, 3.63) is 12.3 Å². The smallest absolute Gasteiger partial charge is 0.150 e. The first-order chi connectivity index (χ1) is 8.04. The minimum atomic E-state index is 0.255. The van der Waals surface area contributed by atoms with E-state index in [1.54, 1.807) is 0 Å². The van der Waals surface area contributed by atoms with Gasteiger partial charge in [0.05, 0.1) is 11.9 Å². The van der Waals surface area contributed by atoms with Gasteiger partial charge < -0.3 is 10.2 Å². The molecule has 0 aromatic carbocycles. The zero-order chi connectivity index (χ0) is 12.3. The van der Waals surface area contributed by atoms with Gasteiger partial charge >= 0.3 is 0 Å². The highest BCUT2D eigenvalue weighted by molar-refractivity contribution is 5.52. The average molecular weight is 234 g/mol. The molecule has 0 unspecified atom stereocenters. The van der Waals surface area contributed by atoms with Crippen LogP contribution in [0.5, 0.6) is 0 Å². The van der Waals surface area contributed by atoms with Crippen LogP contribution in [0.3, 0.4) is 0 Å². The van der Waals surface area contributed by atoms with E-state index in [0.717, 1.165) is 25.5 Å².